The van der Waals surface area contributed by atoms with Crippen molar-refractivity contribution in [3.05, 3.63) is 89.0 Å². The highest BCUT2D eigenvalue weighted by Gasteiger charge is 2.32. The number of thioether (sulfide) groups is 1. The molecule has 0 bridgehead atoms. The lowest BCUT2D eigenvalue weighted by molar-refractivity contribution is -0.118. The molecule has 184 valence electrons. The summed E-state index contributed by atoms with van der Waals surface area (Å²) in [6.07, 6.45) is 0.399. The Balaban J connectivity index is 1.48. The van der Waals surface area contributed by atoms with Gasteiger partial charge in [0.1, 0.15) is 0 Å². The molecule has 1 atom stereocenters. The first-order chi connectivity index (χ1) is 17.0. The third-order valence-corrected chi connectivity index (χ3v) is 6.79. The highest BCUT2D eigenvalue weighted by molar-refractivity contribution is 8.00. The van der Waals surface area contributed by atoms with Gasteiger partial charge in [-0.1, -0.05) is 63.2 Å². The number of benzene rings is 3. The zero-order valence-corrected chi connectivity index (χ0v) is 21.5. The summed E-state index contributed by atoms with van der Waals surface area (Å²) in [5, 5.41) is 5.25. The van der Waals surface area contributed by atoms with Crippen molar-refractivity contribution in [2.75, 3.05) is 10.6 Å². The van der Waals surface area contributed by atoms with Crippen molar-refractivity contribution in [3.8, 4) is 0 Å². The summed E-state index contributed by atoms with van der Waals surface area (Å²) in [4.78, 5) is 52.3. The Morgan fingerprint density at radius 3 is 2.17 bits per heavy atom. The number of fused-ring (bicyclic) bond motifs is 2. The predicted octanol–water partition coefficient (Wildman–Crippen LogP) is 5.96. The maximum absolute atomic E-state index is 13.2. The SMILES string of the molecule is CC(Sc1cccc(NC(=O)CC(C)(C)C)c1)C(=O)Nc1cccc2c1C(=O)c1ccccc1C2=O. The number of amides is 2. The lowest BCUT2D eigenvalue weighted by Gasteiger charge is -2.21. The Hall–Kier alpha value is -3.71. The fourth-order valence-corrected chi connectivity index (χ4v) is 5.00. The molecule has 3 aromatic carbocycles. The first-order valence-electron chi connectivity index (χ1n) is 11.7. The Kier molecular flexibility index (Phi) is 7.13. The molecule has 0 saturated carbocycles. The van der Waals surface area contributed by atoms with Crippen molar-refractivity contribution in [2.24, 2.45) is 5.41 Å². The Labute approximate surface area is 214 Å². The van der Waals surface area contributed by atoms with Crippen LogP contribution in [0.2, 0.25) is 0 Å². The summed E-state index contributed by atoms with van der Waals surface area (Å²) in [7, 11) is 0. The number of anilines is 2. The van der Waals surface area contributed by atoms with Crippen LogP contribution in [0.5, 0.6) is 0 Å². The molecule has 0 heterocycles. The van der Waals surface area contributed by atoms with E-state index in [0.29, 0.717) is 28.9 Å². The van der Waals surface area contributed by atoms with Crippen molar-refractivity contribution < 1.29 is 19.2 Å². The Bertz CT molecular complexity index is 1370. The minimum Gasteiger partial charge on any atom is -0.326 e. The summed E-state index contributed by atoms with van der Waals surface area (Å²) in [5.41, 5.74) is 2.09. The van der Waals surface area contributed by atoms with Crippen molar-refractivity contribution in [2.45, 2.75) is 44.3 Å². The summed E-state index contributed by atoms with van der Waals surface area (Å²) in [6.45, 7) is 7.78. The number of nitrogens with one attached hydrogen (secondary N) is 2. The molecule has 0 aromatic heterocycles. The van der Waals surface area contributed by atoms with Crippen LogP contribution in [0.25, 0.3) is 0 Å². The molecule has 2 N–H and O–H groups in total. The van der Waals surface area contributed by atoms with E-state index in [9.17, 15) is 19.2 Å². The highest BCUT2D eigenvalue weighted by Crippen LogP contribution is 2.33. The summed E-state index contributed by atoms with van der Waals surface area (Å²) in [5.74, 6) is -0.876. The molecule has 0 radical (unpaired) electrons. The Morgan fingerprint density at radius 2 is 1.47 bits per heavy atom. The number of ketones is 2. The molecule has 0 fully saturated rings. The van der Waals surface area contributed by atoms with Gasteiger partial charge >= 0.3 is 0 Å². The van der Waals surface area contributed by atoms with Gasteiger partial charge in [0, 0.05) is 33.7 Å². The highest BCUT2D eigenvalue weighted by atomic mass is 32.2. The zero-order valence-electron chi connectivity index (χ0n) is 20.7. The maximum Gasteiger partial charge on any atom is 0.237 e. The average Bonchev–Trinajstić information content (AvgIpc) is 2.81. The van der Waals surface area contributed by atoms with Crippen molar-refractivity contribution >= 4 is 46.5 Å². The van der Waals surface area contributed by atoms with Crippen LogP contribution in [0.3, 0.4) is 0 Å². The summed E-state index contributed by atoms with van der Waals surface area (Å²) < 4.78 is 0. The second-order valence-electron chi connectivity index (χ2n) is 9.99. The van der Waals surface area contributed by atoms with Crippen molar-refractivity contribution in [3.63, 3.8) is 0 Å². The number of rotatable bonds is 6. The van der Waals surface area contributed by atoms with Gasteiger partial charge in [0.05, 0.1) is 16.5 Å². The van der Waals surface area contributed by atoms with E-state index in [1.165, 1.54) is 11.8 Å². The molecular weight excluding hydrogens is 472 g/mol. The second-order valence-corrected chi connectivity index (χ2v) is 11.4. The lowest BCUT2D eigenvalue weighted by Crippen LogP contribution is -2.27. The van der Waals surface area contributed by atoms with Crippen LogP contribution in [0.15, 0.2) is 71.6 Å². The number of hydrogen-bond acceptors (Lipinski definition) is 5. The molecule has 1 aliphatic rings. The van der Waals surface area contributed by atoms with Crippen LogP contribution >= 0.6 is 11.8 Å². The van der Waals surface area contributed by atoms with E-state index in [1.807, 2.05) is 45.0 Å². The van der Waals surface area contributed by atoms with Gasteiger partial charge in [-0.15, -0.1) is 11.8 Å². The molecule has 2 amide bonds. The first-order valence-corrected chi connectivity index (χ1v) is 12.6. The quantitative estimate of drug-likeness (QED) is 0.319. The van der Waals surface area contributed by atoms with Gasteiger partial charge in [-0.25, -0.2) is 0 Å². The number of carbonyl (C=O) groups excluding carboxylic acids is 4. The average molecular weight is 501 g/mol. The molecule has 36 heavy (non-hydrogen) atoms. The molecule has 0 saturated heterocycles. The van der Waals surface area contributed by atoms with Crippen LogP contribution in [0, 0.1) is 5.41 Å². The van der Waals surface area contributed by atoms with Gasteiger partial charge in [-0.05, 0) is 36.6 Å². The first kappa shape index (κ1) is 25.4. The van der Waals surface area contributed by atoms with Gasteiger partial charge in [0.25, 0.3) is 0 Å². The molecule has 6 nitrogen and oxygen atoms in total. The molecular formula is C29H28N2O4S. The van der Waals surface area contributed by atoms with Gasteiger partial charge in [-0.2, -0.15) is 0 Å². The normalized spacial score (nSPS) is 13.4. The third kappa shape index (κ3) is 5.57. The van der Waals surface area contributed by atoms with Gasteiger partial charge in [0.2, 0.25) is 11.8 Å². The van der Waals surface area contributed by atoms with E-state index in [0.717, 1.165) is 4.90 Å². The van der Waals surface area contributed by atoms with Crippen LogP contribution in [-0.2, 0) is 9.59 Å². The van der Waals surface area contributed by atoms with Gasteiger partial charge in [-0.3, -0.25) is 19.2 Å². The van der Waals surface area contributed by atoms with Crippen LogP contribution in [0.1, 0.15) is 66.0 Å². The van der Waals surface area contributed by atoms with Crippen LogP contribution in [0.4, 0.5) is 11.4 Å². The topological polar surface area (TPSA) is 92.3 Å². The standard InChI is InChI=1S/C29H28N2O4S/c1-17(36-19-10-7-9-18(15-19)30-24(32)16-29(2,3)4)28(35)31-23-14-8-13-22-25(23)27(34)21-12-6-5-11-20(21)26(22)33/h5-15,17H,16H2,1-4H3,(H,30,32)(H,31,35). The van der Waals surface area contributed by atoms with Crippen LogP contribution < -0.4 is 10.6 Å². The van der Waals surface area contributed by atoms with E-state index in [1.54, 1.807) is 49.4 Å². The Morgan fingerprint density at radius 1 is 0.833 bits per heavy atom. The van der Waals surface area contributed by atoms with E-state index < -0.39 is 5.25 Å². The fourth-order valence-electron chi connectivity index (χ4n) is 4.08. The summed E-state index contributed by atoms with van der Waals surface area (Å²) in [6, 6.07) is 19.0. The number of carbonyl (C=O) groups is 4. The van der Waals surface area contributed by atoms with E-state index in [-0.39, 0.29) is 39.9 Å². The third-order valence-electron chi connectivity index (χ3n) is 5.70. The molecule has 0 aliphatic heterocycles. The molecule has 3 aromatic rings. The predicted molar refractivity (Wildman–Crippen MR) is 143 cm³/mol. The smallest absolute Gasteiger partial charge is 0.237 e. The molecule has 0 spiro atoms. The van der Waals surface area contributed by atoms with E-state index in [4.69, 9.17) is 0 Å². The minimum atomic E-state index is -0.497. The van der Waals surface area contributed by atoms with Crippen molar-refractivity contribution in [1.82, 2.24) is 0 Å². The summed E-state index contributed by atoms with van der Waals surface area (Å²) >= 11 is 1.34. The molecule has 4 rings (SSSR count). The van der Waals surface area contributed by atoms with Gasteiger partial charge < -0.3 is 10.6 Å². The molecule has 7 heteroatoms. The molecule has 1 aliphatic carbocycles. The maximum atomic E-state index is 13.2. The van der Waals surface area contributed by atoms with E-state index >= 15 is 0 Å². The number of hydrogen-bond donors (Lipinski definition) is 2. The van der Waals surface area contributed by atoms with Crippen LogP contribution in [-0.4, -0.2) is 28.6 Å². The zero-order chi connectivity index (χ0) is 26.0. The monoisotopic (exact) mass is 500 g/mol. The second kappa shape index (κ2) is 10.1. The minimum absolute atomic E-state index is 0.0647. The molecule has 1 unspecified atom stereocenters. The largest absolute Gasteiger partial charge is 0.326 e. The fraction of sp³-hybridized carbons (Fsp3) is 0.241. The van der Waals surface area contributed by atoms with Gasteiger partial charge in [0.15, 0.2) is 11.6 Å². The van der Waals surface area contributed by atoms with E-state index in [2.05, 4.69) is 10.6 Å². The van der Waals surface area contributed by atoms with Crippen molar-refractivity contribution in [1.29, 1.82) is 0 Å². The lowest BCUT2D eigenvalue weighted by atomic mass is 9.83.